The van der Waals surface area contributed by atoms with Crippen LogP contribution in [0.15, 0.2) is 0 Å². The predicted octanol–water partition coefficient (Wildman–Crippen LogP) is 3.75. The van der Waals surface area contributed by atoms with Crippen LogP contribution in [0.4, 0.5) is 0 Å². The second-order valence-corrected chi connectivity index (χ2v) is 6.23. The van der Waals surface area contributed by atoms with Crippen LogP contribution in [0.2, 0.25) is 0 Å². The Kier molecular flexibility index (Phi) is 6.50. The van der Waals surface area contributed by atoms with Crippen molar-refractivity contribution in [3.8, 4) is 0 Å². The van der Waals surface area contributed by atoms with E-state index in [-0.39, 0.29) is 0 Å². The summed E-state index contributed by atoms with van der Waals surface area (Å²) in [6.07, 6.45) is 12.8. The van der Waals surface area contributed by atoms with Gasteiger partial charge in [-0.3, -0.25) is 0 Å². The third kappa shape index (κ3) is 4.55. The van der Waals surface area contributed by atoms with Crippen molar-refractivity contribution >= 4 is 0 Å². The lowest BCUT2D eigenvalue weighted by atomic mass is 9.84. The molecule has 0 amide bonds. The van der Waals surface area contributed by atoms with Gasteiger partial charge in [0.25, 0.3) is 0 Å². The number of nitrogens with one attached hydrogen (secondary N) is 1. The summed E-state index contributed by atoms with van der Waals surface area (Å²) in [5, 5.41) is 3.74. The first kappa shape index (κ1) is 14.3. The zero-order valence-corrected chi connectivity index (χ0v) is 12.1. The number of rotatable bonds is 5. The molecule has 2 rings (SSSR count). The molecule has 0 aromatic rings. The lowest BCUT2D eigenvalue weighted by molar-refractivity contribution is 0.0350. The summed E-state index contributed by atoms with van der Waals surface area (Å²) < 4.78 is 5.68. The average molecular weight is 253 g/mol. The molecule has 0 aromatic carbocycles. The van der Waals surface area contributed by atoms with Crippen molar-refractivity contribution in [3.63, 3.8) is 0 Å². The molecule has 0 radical (unpaired) electrons. The lowest BCUT2D eigenvalue weighted by Gasteiger charge is -2.33. The largest absolute Gasteiger partial charge is 0.381 e. The summed E-state index contributed by atoms with van der Waals surface area (Å²) in [6, 6.07) is 0.707. The SMILES string of the molecule is CCNC(CC1CCCCCC1)C1CCCOC1. The quantitative estimate of drug-likeness (QED) is 0.753. The topological polar surface area (TPSA) is 21.3 Å². The van der Waals surface area contributed by atoms with E-state index >= 15 is 0 Å². The van der Waals surface area contributed by atoms with E-state index in [9.17, 15) is 0 Å². The molecule has 1 saturated heterocycles. The van der Waals surface area contributed by atoms with Crippen LogP contribution in [0.25, 0.3) is 0 Å². The van der Waals surface area contributed by atoms with Crippen molar-refractivity contribution in [2.75, 3.05) is 19.8 Å². The fraction of sp³-hybridized carbons (Fsp3) is 1.00. The molecule has 2 fully saturated rings. The van der Waals surface area contributed by atoms with Crippen molar-refractivity contribution in [2.24, 2.45) is 11.8 Å². The minimum Gasteiger partial charge on any atom is -0.381 e. The molecular formula is C16H31NO. The van der Waals surface area contributed by atoms with E-state index in [2.05, 4.69) is 12.2 Å². The Balaban J connectivity index is 1.83. The standard InChI is InChI=1S/C16H31NO/c1-2-17-16(15-10-7-11-18-13-15)12-14-8-5-3-4-6-9-14/h14-17H,2-13H2,1H3. The van der Waals surface area contributed by atoms with Gasteiger partial charge in [-0.2, -0.15) is 0 Å². The molecule has 2 nitrogen and oxygen atoms in total. The maximum atomic E-state index is 5.68. The normalized spacial score (nSPS) is 28.8. The first-order valence-corrected chi connectivity index (χ1v) is 8.21. The fourth-order valence-corrected chi connectivity index (χ4v) is 3.75. The molecule has 1 aliphatic heterocycles. The van der Waals surface area contributed by atoms with E-state index in [4.69, 9.17) is 4.74 Å². The van der Waals surface area contributed by atoms with Crippen LogP contribution in [-0.4, -0.2) is 25.8 Å². The molecule has 1 heterocycles. The van der Waals surface area contributed by atoms with Crippen molar-refractivity contribution < 1.29 is 4.74 Å². The molecule has 0 aromatic heterocycles. The Labute approximate surface area is 113 Å². The molecule has 1 saturated carbocycles. The number of ether oxygens (including phenoxy) is 1. The van der Waals surface area contributed by atoms with Gasteiger partial charge in [-0.15, -0.1) is 0 Å². The summed E-state index contributed by atoms with van der Waals surface area (Å²) in [4.78, 5) is 0. The number of hydrogen-bond acceptors (Lipinski definition) is 2. The molecular weight excluding hydrogens is 222 g/mol. The van der Waals surface area contributed by atoms with Crippen LogP contribution in [0, 0.1) is 11.8 Å². The molecule has 1 aliphatic carbocycles. The van der Waals surface area contributed by atoms with Crippen LogP contribution in [0.5, 0.6) is 0 Å². The third-order valence-corrected chi connectivity index (χ3v) is 4.79. The van der Waals surface area contributed by atoms with Crippen LogP contribution >= 0.6 is 0 Å². The Morgan fingerprint density at radius 2 is 1.83 bits per heavy atom. The highest BCUT2D eigenvalue weighted by molar-refractivity contribution is 4.81. The molecule has 2 unspecified atom stereocenters. The van der Waals surface area contributed by atoms with Crippen LogP contribution < -0.4 is 5.32 Å². The second kappa shape index (κ2) is 8.16. The molecule has 0 bridgehead atoms. The summed E-state index contributed by atoms with van der Waals surface area (Å²) in [5.41, 5.74) is 0. The molecule has 1 N–H and O–H groups in total. The minimum atomic E-state index is 0.707. The van der Waals surface area contributed by atoms with E-state index in [1.54, 1.807) is 0 Å². The first-order chi connectivity index (χ1) is 8.90. The Bertz CT molecular complexity index is 205. The Morgan fingerprint density at radius 3 is 2.44 bits per heavy atom. The van der Waals surface area contributed by atoms with E-state index in [1.165, 1.54) is 57.8 Å². The van der Waals surface area contributed by atoms with E-state index < -0.39 is 0 Å². The molecule has 106 valence electrons. The highest BCUT2D eigenvalue weighted by atomic mass is 16.5. The molecule has 2 heteroatoms. The van der Waals surface area contributed by atoms with Gasteiger partial charge in [0.15, 0.2) is 0 Å². The summed E-state index contributed by atoms with van der Waals surface area (Å²) in [5.74, 6) is 1.74. The van der Waals surface area contributed by atoms with Gasteiger partial charge in [0.2, 0.25) is 0 Å². The Morgan fingerprint density at radius 1 is 1.06 bits per heavy atom. The molecule has 2 aliphatic rings. The smallest absolute Gasteiger partial charge is 0.0509 e. The maximum Gasteiger partial charge on any atom is 0.0509 e. The van der Waals surface area contributed by atoms with Crippen LogP contribution in [-0.2, 0) is 4.74 Å². The zero-order chi connectivity index (χ0) is 12.6. The number of hydrogen-bond donors (Lipinski definition) is 1. The highest BCUT2D eigenvalue weighted by Gasteiger charge is 2.26. The summed E-state index contributed by atoms with van der Waals surface area (Å²) in [6.45, 7) is 5.32. The maximum absolute atomic E-state index is 5.68. The van der Waals surface area contributed by atoms with Crippen molar-refractivity contribution in [3.05, 3.63) is 0 Å². The van der Waals surface area contributed by atoms with Crippen molar-refractivity contribution in [2.45, 2.75) is 70.8 Å². The predicted molar refractivity (Wildman–Crippen MR) is 76.8 cm³/mol. The van der Waals surface area contributed by atoms with Gasteiger partial charge < -0.3 is 10.1 Å². The molecule has 2 atom stereocenters. The average Bonchev–Trinajstić information content (AvgIpc) is 2.68. The van der Waals surface area contributed by atoms with E-state index in [1.807, 2.05) is 0 Å². The van der Waals surface area contributed by atoms with Gasteiger partial charge >= 0.3 is 0 Å². The van der Waals surface area contributed by atoms with Gasteiger partial charge in [0.1, 0.15) is 0 Å². The Hall–Kier alpha value is -0.0800. The van der Waals surface area contributed by atoms with Crippen molar-refractivity contribution in [1.29, 1.82) is 0 Å². The van der Waals surface area contributed by atoms with Gasteiger partial charge in [-0.25, -0.2) is 0 Å². The summed E-state index contributed by atoms with van der Waals surface area (Å²) in [7, 11) is 0. The van der Waals surface area contributed by atoms with Crippen LogP contribution in [0.3, 0.4) is 0 Å². The molecule has 18 heavy (non-hydrogen) atoms. The zero-order valence-electron chi connectivity index (χ0n) is 12.1. The van der Waals surface area contributed by atoms with Gasteiger partial charge in [-0.1, -0.05) is 45.4 Å². The molecule has 0 spiro atoms. The van der Waals surface area contributed by atoms with Gasteiger partial charge in [0.05, 0.1) is 6.61 Å². The third-order valence-electron chi connectivity index (χ3n) is 4.79. The van der Waals surface area contributed by atoms with Gasteiger partial charge in [0, 0.05) is 12.6 Å². The van der Waals surface area contributed by atoms with Crippen molar-refractivity contribution in [1.82, 2.24) is 5.32 Å². The minimum absolute atomic E-state index is 0.707. The second-order valence-electron chi connectivity index (χ2n) is 6.23. The lowest BCUT2D eigenvalue weighted by Crippen LogP contribution is -2.41. The highest BCUT2D eigenvalue weighted by Crippen LogP contribution is 2.30. The van der Waals surface area contributed by atoms with E-state index in [0.29, 0.717) is 6.04 Å². The first-order valence-electron chi connectivity index (χ1n) is 8.21. The van der Waals surface area contributed by atoms with E-state index in [0.717, 1.165) is 31.6 Å². The monoisotopic (exact) mass is 253 g/mol. The fourth-order valence-electron chi connectivity index (χ4n) is 3.75. The summed E-state index contributed by atoms with van der Waals surface area (Å²) >= 11 is 0. The van der Waals surface area contributed by atoms with Crippen LogP contribution in [0.1, 0.15) is 64.7 Å². The van der Waals surface area contributed by atoms with Gasteiger partial charge in [-0.05, 0) is 37.6 Å².